The van der Waals surface area contributed by atoms with E-state index in [2.05, 4.69) is 43.4 Å². The van der Waals surface area contributed by atoms with Crippen LogP contribution in [0, 0.1) is 0 Å². The topological polar surface area (TPSA) is 30.5 Å². The van der Waals surface area contributed by atoms with Gasteiger partial charge in [-0.05, 0) is 56.8 Å². The number of hydrogen-bond acceptors (Lipinski definition) is 3. The SMILES string of the molecule is CCCNC(CCCOCC)c1ccc(OCCC)cc1. The van der Waals surface area contributed by atoms with Gasteiger partial charge < -0.3 is 14.8 Å². The van der Waals surface area contributed by atoms with Gasteiger partial charge in [0.1, 0.15) is 5.75 Å². The largest absolute Gasteiger partial charge is 0.494 e. The molecule has 0 saturated heterocycles. The fourth-order valence-electron chi connectivity index (χ4n) is 2.26. The lowest BCUT2D eigenvalue weighted by molar-refractivity contribution is 0.141. The smallest absolute Gasteiger partial charge is 0.119 e. The molecule has 0 aliphatic rings. The molecule has 0 spiro atoms. The van der Waals surface area contributed by atoms with Crippen LogP contribution >= 0.6 is 0 Å². The third-order valence-electron chi connectivity index (χ3n) is 3.38. The predicted molar refractivity (Wildman–Crippen MR) is 89.0 cm³/mol. The average Bonchev–Trinajstić information content (AvgIpc) is 2.53. The van der Waals surface area contributed by atoms with Crippen LogP contribution in [0.4, 0.5) is 0 Å². The Bertz CT molecular complexity index is 351. The number of ether oxygens (including phenoxy) is 2. The van der Waals surface area contributed by atoms with E-state index in [4.69, 9.17) is 9.47 Å². The highest BCUT2D eigenvalue weighted by atomic mass is 16.5. The lowest BCUT2D eigenvalue weighted by atomic mass is 10.0. The number of nitrogens with one attached hydrogen (secondary N) is 1. The average molecular weight is 293 g/mol. The Morgan fingerprint density at radius 3 is 2.38 bits per heavy atom. The summed E-state index contributed by atoms with van der Waals surface area (Å²) in [7, 11) is 0. The zero-order valence-corrected chi connectivity index (χ0v) is 13.9. The maximum atomic E-state index is 5.64. The van der Waals surface area contributed by atoms with Crippen molar-refractivity contribution in [3.05, 3.63) is 29.8 Å². The van der Waals surface area contributed by atoms with Gasteiger partial charge in [-0.2, -0.15) is 0 Å². The van der Waals surface area contributed by atoms with Crippen LogP contribution in [0.15, 0.2) is 24.3 Å². The van der Waals surface area contributed by atoms with E-state index in [0.717, 1.165) is 57.8 Å². The highest BCUT2D eigenvalue weighted by Crippen LogP contribution is 2.22. The third kappa shape index (κ3) is 7.49. The van der Waals surface area contributed by atoms with Crippen molar-refractivity contribution >= 4 is 0 Å². The van der Waals surface area contributed by atoms with Gasteiger partial charge in [-0.15, -0.1) is 0 Å². The Labute approximate surface area is 130 Å². The van der Waals surface area contributed by atoms with Gasteiger partial charge in [0.25, 0.3) is 0 Å². The van der Waals surface area contributed by atoms with Crippen molar-refractivity contribution < 1.29 is 9.47 Å². The Balaban J connectivity index is 2.54. The second-order valence-corrected chi connectivity index (χ2v) is 5.26. The molecule has 0 bridgehead atoms. The zero-order chi connectivity index (χ0) is 15.3. The molecule has 0 aliphatic heterocycles. The lowest BCUT2D eigenvalue weighted by Crippen LogP contribution is -2.22. The molecule has 0 heterocycles. The first-order chi connectivity index (χ1) is 10.3. The van der Waals surface area contributed by atoms with Crippen LogP contribution in [-0.4, -0.2) is 26.4 Å². The normalized spacial score (nSPS) is 12.3. The fraction of sp³-hybridized carbons (Fsp3) is 0.667. The van der Waals surface area contributed by atoms with E-state index in [1.54, 1.807) is 0 Å². The van der Waals surface area contributed by atoms with E-state index in [1.807, 2.05) is 6.92 Å². The lowest BCUT2D eigenvalue weighted by Gasteiger charge is -2.19. The molecule has 3 heteroatoms. The van der Waals surface area contributed by atoms with Crippen molar-refractivity contribution in [3.63, 3.8) is 0 Å². The minimum atomic E-state index is 0.408. The van der Waals surface area contributed by atoms with Crippen LogP contribution in [0.3, 0.4) is 0 Å². The van der Waals surface area contributed by atoms with Crippen LogP contribution in [0.5, 0.6) is 5.75 Å². The molecular formula is C18H31NO2. The molecule has 1 atom stereocenters. The maximum absolute atomic E-state index is 5.64. The van der Waals surface area contributed by atoms with Gasteiger partial charge in [0, 0.05) is 19.3 Å². The molecule has 1 unspecified atom stereocenters. The van der Waals surface area contributed by atoms with Gasteiger partial charge in [-0.25, -0.2) is 0 Å². The van der Waals surface area contributed by atoms with Crippen LogP contribution in [0.25, 0.3) is 0 Å². The summed E-state index contributed by atoms with van der Waals surface area (Å²) in [6.45, 7) is 9.85. The van der Waals surface area contributed by atoms with E-state index in [-0.39, 0.29) is 0 Å². The first-order valence-electron chi connectivity index (χ1n) is 8.35. The first-order valence-corrected chi connectivity index (χ1v) is 8.35. The van der Waals surface area contributed by atoms with Crippen molar-refractivity contribution in [2.75, 3.05) is 26.4 Å². The van der Waals surface area contributed by atoms with Crippen molar-refractivity contribution in [3.8, 4) is 5.75 Å². The van der Waals surface area contributed by atoms with Gasteiger partial charge in [0.15, 0.2) is 0 Å². The third-order valence-corrected chi connectivity index (χ3v) is 3.38. The van der Waals surface area contributed by atoms with E-state index < -0.39 is 0 Å². The van der Waals surface area contributed by atoms with Crippen LogP contribution < -0.4 is 10.1 Å². The van der Waals surface area contributed by atoms with Gasteiger partial charge in [0.05, 0.1) is 6.61 Å². The second-order valence-electron chi connectivity index (χ2n) is 5.26. The van der Waals surface area contributed by atoms with E-state index in [0.29, 0.717) is 6.04 Å². The van der Waals surface area contributed by atoms with E-state index in [9.17, 15) is 0 Å². The molecule has 3 nitrogen and oxygen atoms in total. The number of rotatable bonds is 12. The molecule has 120 valence electrons. The molecule has 0 saturated carbocycles. The second kappa shape index (κ2) is 11.6. The van der Waals surface area contributed by atoms with Crippen molar-refractivity contribution in [2.45, 2.75) is 52.5 Å². The summed E-state index contributed by atoms with van der Waals surface area (Å²) in [5.41, 5.74) is 1.34. The zero-order valence-electron chi connectivity index (χ0n) is 13.9. The highest BCUT2D eigenvalue weighted by Gasteiger charge is 2.10. The van der Waals surface area contributed by atoms with Crippen LogP contribution in [-0.2, 0) is 4.74 Å². The molecule has 1 N–H and O–H groups in total. The van der Waals surface area contributed by atoms with E-state index >= 15 is 0 Å². The summed E-state index contributed by atoms with van der Waals surface area (Å²) in [4.78, 5) is 0. The molecule has 0 radical (unpaired) electrons. The molecule has 0 amide bonds. The quantitative estimate of drug-likeness (QED) is 0.582. The number of benzene rings is 1. The maximum Gasteiger partial charge on any atom is 0.119 e. The standard InChI is InChI=1S/C18H31NO2/c1-4-13-19-18(8-7-15-20-6-3)16-9-11-17(12-10-16)21-14-5-2/h9-12,18-19H,4-8,13-15H2,1-3H3. The Kier molecular flexibility index (Phi) is 9.92. The number of hydrogen-bond donors (Lipinski definition) is 1. The summed E-state index contributed by atoms with van der Waals surface area (Å²) in [6, 6.07) is 8.92. The Morgan fingerprint density at radius 1 is 1.00 bits per heavy atom. The molecule has 1 rings (SSSR count). The minimum Gasteiger partial charge on any atom is -0.494 e. The van der Waals surface area contributed by atoms with Crippen LogP contribution in [0.1, 0.15) is 58.1 Å². The molecule has 0 aliphatic carbocycles. The van der Waals surface area contributed by atoms with Gasteiger partial charge in [-0.1, -0.05) is 26.0 Å². The summed E-state index contributed by atoms with van der Waals surface area (Å²) < 4.78 is 11.1. The van der Waals surface area contributed by atoms with Gasteiger partial charge >= 0.3 is 0 Å². The van der Waals surface area contributed by atoms with E-state index in [1.165, 1.54) is 5.56 Å². The molecule has 0 fully saturated rings. The molecule has 1 aromatic carbocycles. The summed E-state index contributed by atoms with van der Waals surface area (Å²) in [6.07, 6.45) is 4.39. The van der Waals surface area contributed by atoms with Gasteiger partial charge in [-0.3, -0.25) is 0 Å². The van der Waals surface area contributed by atoms with Crippen molar-refractivity contribution in [1.29, 1.82) is 0 Å². The predicted octanol–water partition coefficient (Wildman–Crippen LogP) is 4.33. The van der Waals surface area contributed by atoms with Crippen LogP contribution in [0.2, 0.25) is 0 Å². The first kappa shape index (κ1) is 18.0. The monoisotopic (exact) mass is 293 g/mol. The Morgan fingerprint density at radius 2 is 1.76 bits per heavy atom. The van der Waals surface area contributed by atoms with Gasteiger partial charge in [0.2, 0.25) is 0 Å². The van der Waals surface area contributed by atoms with Crippen molar-refractivity contribution in [2.24, 2.45) is 0 Å². The molecule has 0 aromatic heterocycles. The van der Waals surface area contributed by atoms with Crippen molar-refractivity contribution in [1.82, 2.24) is 5.32 Å². The molecule has 1 aromatic rings. The molecule has 21 heavy (non-hydrogen) atoms. The summed E-state index contributed by atoms with van der Waals surface area (Å²) in [5, 5.41) is 3.63. The highest BCUT2D eigenvalue weighted by molar-refractivity contribution is 5.29. The molecular weight excluding hydrogens is 262 g/mol. The summed E-state index contributed by atoms with van der Waals surface area (Å²) >= 11 is 0. The fourth-order valence-corrected chi connectivity index (χ4v) is 2.26. The Hall–Kier alpha value is -1.06. The summed E-state index contributed by atoms with van der Waals surface area (Å²) in [5.74, 6) is 0.962. The minimum absolute atomic E-state index is 0.408.